The van der Waals surface area contributed by atoms with Crippen molar-refractivity contribution in [2.75, 3.05) is 14.2 Å². The van der Waals surface area contributed by atoms with Gasteiger partial charge in [0.15, 0.2) is 0 Å². The molecule has 0 saturated carbocycles. The van der Waals surface area contributed by atoms with E-state index >= 15 is 0 Å². The summed E-state index contributed by atoms with van der Waals surface area (Å²) in [5, 5.41) is 2.45. The lowest BCUT2D eigenvalue weighted by Crippen LogP contribution is -1.91. The number of benzene rings is 2. The van der Waals surface area contributed by atoms with E-state index in [-0.39, 0.29) is 10.6 Å². The number of aryl methyl sites for hydroxylation is 1. The average Bonchev–Trinajstić information content (AvgIpc) is 2.68. The van der Waals surface area contributed by atoms with E-state index < -0.39 is 0 Å². The van der Waals surface area contributed by atoms with Crippen molar-refractivity contribution < 1.29 is 9.47 Å². The molecule has 144 valence electrons. The van der Waals surface area contributed by atoms with Crippen LogP contribution in [0.1, 0.15) is 5.69 Å². The third-order valence-electron chi connectivity index (χ3n) is 3.90. The molecule has 0 N–H and O–H groups in total. The monoisotopic (exact) mass is 436 g/mol. The number of aromatic nitrogens is 4. The van der Waals surface area contributed by atoms with Crippen LogP contribution in [0.15, 0.2) is 36.4 Å². The molecule has 0 unspecified atom stereocenters. The average molecular weight is 438 g/mol. The highest BCUT2D eigenvalue weighted by atomic mass is 35.5. The van der Waals surface area contributed by atoms with E-state index in [1.54, 1.807) is 32.4 Å². The van der Waals surface area contributed by atoms with Crippen molar-refractivity contribution in [3.63, 3.8) is 0 Å². The van der Waals surface area contributed by atoms with Crippen LogP contribution in [0.25, 0.3) is 21.8 Å². The Morgan fingerprint density at radius 1 is 0.679 bits per heavy atom. The van der Waals surface area contributed by atoms with Gasteiger partial charge in [0.1, 0.15) is 16.7 Å². The Bertz CT molecular complexity index is 1060. The highest BCUT2D eigenvalue weighted by molar-refractivity contribution is 6.35. The molecule has 0 aliphatic rings. The summed E-state index contributed by atoms with van der Waals surface area (Å²) in [6.07, 6.45) is 0. The predicted octanol–water partition coefficient (Wildman–Crippen LogP) is 5.55. The molecule has 2 heterocycles. The molecule has 0 bridgehead atoms. The van der Waals surface area contributed by atoms with E-state index in [9.17, 15) is 0 Å². The number of nitrogens with zero attached hydrogens (tertiary/aromatic N) is 4. The normalized spacial score (nSPS) is 10.5. The summed E-state index contributed by atoms with van der Waals surface area (Å²) in [4.78, 5) is 16.1. The molecule has 0 aliphatic carbocycles. The Morgan fingerprint density at radius 3 is 1.75 bits per heavy atom. The van der Waals surface area contributed by atoms with Gasteiger partial charge < -0.3 is 9.47 Å². The van der Waals surface area contributed by atoms with Gasteiger partial charge in [-0.3, -0.25) is 0 Å². The number of hydrogen-bond acceptors (Lipinski definition) is 6. The fourth-order valence-corrected chi connectivity index (χ4v) is 3.19. The number of halogens is 3. The SMILES string of the molecule is COc1ccc2nc(Cl)nc(C)c2c1.COc1ccc2nc(Cl)nc(Cl)c2c1. The summed E-state index contributed by atoms with van der Waals surface area (Å²) in [6.45, 7) is 1.90. The Hall–Kier alpha value is -2.41. The van der Waals surface area contributed by atoms with E-state index in [4.69, 9.17) is 44.3 Å². The molecule has 4 aromatic rings. The van der Waals surface area contributed by atoms with Gasteiger partial charge in [0.05, 0.1) is 30.9 Å². The van der Waals surface area contributed by atoms with Crippen LogP contribution in [0, 0.1) is 6.92 Å². The van der Waals surface area contributed by atoms with Gasteiger partial charge in [0.25, 0.3) is 0 Å². The summed E-state index contributed by atoms with van der Waals surface area (Å²) in [5.41, 5.74) is 2.40. The maximum atomic E-state index is 5.90. The van der Waals surface area contributed by atoms with E-state index in [0.717, 1.165) is 27.7 Å². The maximum absolute atomic E-state index is 5.90. The van der Waals surface area contributed by atoms with Gasteiger partial charge in [-0.2, -0.15) is 0 Å². The molecule has 9 heteroatoms. The zero-order chi connectivity index (χ0) is 20.3. The molecule has 0 radical (unpaired) electrons. The van der Waals surface area contributed by atoms with E-state index in [2.05, 4.69) is 19.9 Å². The highest BCUT2D eigenvalue weighted by Crippen LogP contribution is 2.26. The van der Waals surface area contributed by atoms with Crippen LogP contribution in [0.2, 0.25) is 15.7 Å². The molecular weight excluding hydrogens is 423 g/mol. The van der Waals surface area contributed by atoms with Crippen LogP contribution in [0.3, 0.4) is 0 Å². The molecule has 0 aliphatic heterocycles. The summed E-state index contributed by atoms with van der Waals surface area (Å²) in [7, 11) is 3.22. The van der Waals surface area contributed by atoms with Crippen molar-refractivity contribution in [1.82, 2.24) is 19.9 Å². The Morgan fingerprint density at radius 2 is 1.18 bits per heavy atom. The fourth-order valence-electron chi connectivity index (χ4n) is 2.52. The Balaban J connectivity index is 0.000000161. The van der Waals surface area contributed by atoms with Crippen LogP contribution >= 0.6 is 34.8 Å². The molecule has 4 rings (SSSR count). The van der Waals surface area contributed by atoms with Gasteiger partial charge >= 0.3 is 0 Å². The number of ether oxygens (including phenoxy) is 2. The second kappa shape index (κ2) is 8.73. The first-order chi connectivity index (χ1) is 13.4. The topological polar surface area (TPSA) is 70.0 Å². The highest BCUT2D eigenvalue weighted by Gasteiger charge is 2.05. The van der Waals surface area contributed by atoms with E-state index in [0.29, 0.717) is 16.4 Å². The smallest absolute Gasteiger partial charge is 0.224 e. The maximum Gasteiger partial charge on any atom is 0.224 e. The van der Waals surface area contributed by atoms with Crippen molar-refractivity contribution in [3.8, 4) is 11.5 Å². The quantitative estimate of drug-likeness (QED) is 0.303. The molecular formula is C19H15Cl3N4O2. The zero-order valence-electron chi connectivity index (χ0n) is 15.2. The molecule has 28 heavy (non-hydrogen) atoms. The lowest BCUT2D eigenvalue weighted by Gasteiger charge is -2.04. The lowest BCUT2D eigenvalue weighted by atomic mass is 10.2. The Kier molecular flexibility index (Phi) is 6.34. The van der Waals surface area contributed by atoms with Gasteiger partial charge in [-0.25, -0.2) is 19.9 Å². The zero-order valence-corrected chi connectivity index (χ0v) is 17.5. The molecule has 6 nitrogen and oxygen atoms in total. The van der Waals surface area contributed by atoms with E-state index in [1.165, 1.54) is 0 Å². The van der Waals surface area contributed by atoms with Crippen molar-refractivity contribution in [2.24, 2.45) is 0 Å². The largest absolute Gasteiger partial charge is 0.497 e. The van der Waals surface area contributed by atoms with Crippen molar-refractivity contribution in [2.45, 2.75) is 6.92 Å². The molecule has 2 aromatic heterocycles. The summed E-state index contributed by atoms with van der Waals surface area (Å²) >= 11 is 17.3. The van der Waals surface area contributed by atoms with Crippen molar-refractivity contribution in [1.29, 1.82) is 0 Å². The third-order valence-corrected chi connectivity index (χ3v) is 4.52. The van der Waals surface area contributed by atoms with E-state index in [1.807, 2.05) is 25.1 Å². The minimum atomic E-state index is 0.146. The summed E-state index contributed by atoms with van der Waals surface area (Å²) < 4.78 is 10.2. The number of methoxy groups -OCH3 is 2. The van der Waals surface area contributed by atoms with Gasteiger partial charge in [0, 0.05) is 10.8 Å². The van der Waals surface area contributed by atoms with Crippen LogP contribution in [0.4, 0.5) is 0 Å². The fraction of sp³-hybridized carbons (Fsp3) is 0.158. The molecule has 0 saturated heterocycles. The van der Waals surface area contributed by atoms with Crippen molar-refractivity contribution in [3.05, 3.63) is 57.8 Å². The second-order valence-electron chi connectivity index (χ2n) is 5.63. The first-order valence-electron chi connectivity index (χ1n) is 8.06. The summed E-state index contributed by atoms with van der Waals surface area (Å²) in [6, 6.07) is 11.0. The minimum Gasteiger partial charge on any atom is -0.497 e. The predicted molar refractivity (Wildman–Crippen MR) is 112 cm³/mol. The minimum absolute atomic E-state index is 0.146. The van der Waals surface area contributed by atoms with Crippen LogP contribution in [-0.2, 0) is 0 Å². The molecule has 0 fully saturated rings. The first-order valence-corrected chi connectivity index (χ1v) is 9.19. The van der Waals surface area contributed by atoms with Gasteiger partial charge in [0.2, 0.25) is 10.6 Å². The standard InChI is InChI=1S/C10H9ClN2O.C9H6Cl2N2O/c1-6-8-5-7(14-2)3-4-9(8)13-10(11)12-6;1-14-5-2-3-7-6(4-5)8(10)13-9(11)12-7/h3-5H,1-2H3;2-4H,1H3. The second-order valence-corrected chi connectivity index (χ2v) is 6.66. The van der Waals surface area contributed by atoms with Crippen molar-refractivity contribution >= 4 is 56.6 Å². The first kappa shape index (κ1) is 20.3. The number of fused-ring (bicyclic) bond motifs is 2. The summed E-state index contributed by atoms with van der Waals surface area (Å²) in [5.74, 6) is 1.51. The number of hydrogen-bond donors (Lipinski definition) is 0. The van der Waals surface area contributed by atoms with Gasteiger partial charge in [-0.1, -0.05) is 11.6 Å². The van der Waals surface area contributed by atoms with Gasteiger partial charge in [-0.05, 0) is 66.5 Å². The third kappa shape index (κ3) is 4.52. The lowest BCUT2D eigenvalue weighted by molar-refractivity contribution is 0.415. The molecule has 0 atom stereocenters. The molecule has 0 spiro atoms. The van der Waals surface area contributed by atoms with Gasteiger partial charge in [-0.15, -0.1) is 0 Å². The molecule has 2 aromatic carbocycles. The Labute approximate surface area is 176 Å². The van der Waals surface area contributed by atoms with Crippen LogP contribution < -0.4 is 9.47 Å². The van der Waals surface area contributed by atoms with Crippen LogP contribution in [-0.4, -0.2) is 34.2 Å². The number of rotatable bonds is 2. The molecule has 0 amide bonds. The van der Waals surface area contributed by atoms with Crippen LogP contribution in [0.5, 0.6) is 11.5 Å².